The molecule has 2 heterocycles. The Bertz CT molecular complexity index is 536. The van der Waals surface area contributed by atoms with Crippen LogP contribution in [0, 0.1) is 11.8 Å². The van der Waals surface area contributed by atoms with Gasteiger partial charge in [0.1, 0.15) is 17.6 Å². The van der Waals surface area contributed by atoms with Crippen LogP contribution < -0.4 is 4.74 Å². The zero-order chi connectivity index (χ0) is 13.4. The zero-order valence-corrected chi connectivity index (χ0v) is 9.93. The Balaban J connectivity index is 1.79. The molecule has 19 heavy (non-hydrogen) atoms. The van der Waals surface area contributed by atoms with Gasteiger partial charge in [0.25, 0.3) is 0 Å². The molecule has 0 unspecified atom stereocenters. The Kier molecular flexibility index (Phi) is 2.83. The molecule has 0 radical (unpaired) electrons. The van der Waals surface area contributed by atoms with E-state index in [1.807, 2.05) is 0 Å². The lowest BCUT2D eigenvalue weighted by Crippen LogP contribution is -2.38. The molecule has 2 aliphatic heterocycles. The van der Waals surface area contributed by atoms with Gasteiger partial charge in [-0.2, -0.15) is 0 Å². The number of aliphatic carboxylic acids is 1. The molecule has 4 atom stereocenters. The Hall–Kier alpha value is -2.14. The number of carboxylic acids is 1. The molecule has 0 aliphatic carbocycles. The highest BCUT2D eigenvalue weighted by molar-refractivity contribution is 5.85. The summed E-state index contributed by atoms with van der Waals surface area (Å²) >= 11 is 0. The minimum atomic E-state index is -1.04. The predicted molar refractivity (Wildman–Crippen MR) is 64.5 cm³/mol. The summed E-state index contributed by atoms with van der Waals surface area (Å²) in [6.07, 6.45) is 2.38. The molecule has 0 amide bonds. The number of fused-ring (bicyclic) bond motifs is 2. The quantitative estimate of drug-likeness (QED) is 0.503. The lowest BCUT2D eigenvalue weighted by Gasteiger charge is -2.19. The number of carbonyl (C=O) groups is 2. The Morgan fingerprint density at radius 1 is 1.05 bits per heavy atom. The van der Waals surface area contributed by atoms with Crippen LogP contribution in [0.25, 0.3) is 0 Å². The van der Waals surface area contributed by atoms with Gasteiger partial charge in [-0.15, -0.1) is 0 Å². The van der Waals surface area contributed by atoms with E-state index in [0.717, 1.165) is 0 Å². The van der Waals surface area contributed by atoms with E-state index in [9.17, 15) is 14.7 Å². The summed E-state index contributed by atoms with van der Waals surface area (Å²) in [7, 11) is 0. The van der Waals surface area contributed by atoms with Crippen molar-refractivity contribution in [2.24, 2.45) is 11.8 Å². The first-order chi connectivity index (χ1) is 9.16. The first kappa shape index (κ1) is 11.9. The average Bonchev–Trinajstić information content (AvgIpc) is 2.99. The minimum absolute atomic E-state index is 0.406. The van der Waals surface area contributed by atoms with Crippen LogP contribution in [0.2, 0.25) is 0 Å². The molecular formula is C14H12O5. The molecule has 0 spiro atoms. The van der Waals surface area contributed by atoms with Crippen LogP contribution in [0.15, 0.2) is 42.5 Å². The van der Waals surface area contributed by atoms with Gasteiger partial charge in [0.2, 0.25) is 0 Å². The highest BCUT2D eigenvalue weighted by Gasteiger charge is 2.54. The summed E-state index contributed by atoms with van der Waals surface area (Å²) in [5, 5.41) is 9.20. The molecule has 2 aliphatic rings. The predicted octanol–water partition coefficient (Wildman–Crippen LogP) is 1.25. The Morgan fingerprint density at radius 3 is 2.32 bits per heavy atom. The summed E-state index contributed by atoms with van der Waals surface area (Å²) in [5.41, 5.74) is 0. The van der Waals surface area contributed by atoms with Gasteiger partial charge in [0.05, 0.1) is 12.2 Å². The van der Waals surface area contributed by atoms with Crippen LogP contribution in [0.3, 0.4) is 0 Å². The second-order valence-corrected chi connectivity index (χ2v) is 4.57. The van der Waals surface area contributed by atoms with E-state index in [1.54, 1.807) is 42.5 Å². The molecule has 0 aromatic heterocycles. The number of esters is 1. The van der Waals surface area contributed by atoms with E-state index in [0.29, 0.717) is 5.75 Å². The van der Waals surface area contributed by atoms with Crippen molar-refractivity contribution in [3.8, 4) is 5.75 Å². The Labute approximate surface area is 109 Å². The fourth-order valence-corrected chi connectivity index (χ4v) is 2.56. The normalized spacial score (nSPS) is 31.4. The highest BCUT2D eigenvalue weighted by Crippen LogP contribution is 2.40. The van der Waals surface area contributed by atoms with Crippen molar-refractivity contribution in [3.05, 3.63) is 42.5 Å². The summed E-state index contributed by atoms with van der Waals surface area (Å²) in [6, 6.07) is 8.60. The largest absolute Gasteiger partial charge is 0.481 e. The number of hydrogen-bond acceptors (Lipinski definition) is 4. The number of para-hydroxylation sites is 1. The smallest absolute Gasteiger partial charge is 0.318 e. The Morgan fingerprint density at radius 2 is 1.68 bits per heavy atom. The molecule has 5 nitrogen and oxygen atoms in total. The van der Waals surface area contributed by atoms with Gasteiger partial charge >= 0.3 is 11.9 Å². The average molecular weight is 260 g/mol. The third-order valence-electron chi connectivity index (χ3n) is 3.42. The summed E-state index contributed by atoms with van der Waals surface area (Å²) in [5.74, 6) is -2.84. The molecule has 1 aromatic rings. The van der Waals surface area contributed by atoms with Crippen molar-refractivity contribution in [3.63, 3.8) is 0 Å². The van der Waals surface area contributed by atoms with E-state index in [1.165, 1.54) is 0 Å². The molecule has 1 saturated heterocycles. The van der Waals surface area contributed by atoms with Gasteiger partial charge < -0.3 is 14.6 Å². The van der Waals surface area contributed by atoms with Gasteiger partial charge in [-0.05, 0) is 12.1 Å². The van der Waals surface area contributed by atoms with Crippen molar-refractivity contribution in [1.82, 2.24) is 0 Å². The summed E-state index contributed by atoms with van der Waals surface area (Å²) in [4.78, 5) is 23.4. The molecule has 2 bridgehead atoms. The van der Waals surface area contributed by atoms with E-state index < -0.39 is 36.0 Å². The van der Waals surface area contributed by atoms with Crippen LogP contribution >= 0.6 is 0 Å². The number of benzene rings is 1. The van der Waals surface area contributed by atoms with E-state index in [4.69, 9.17) is 9.47 Å². The van der Waals surface area contributed by atoms with Crippen molar-refractivity contribution in [2.75, 3.05) is 0 Å². The molecule has 5 heteroatoms. The van der Waals surface area contributed by atoms with E-state index >= 15 is 0 Å². The number of hydrogen-bond donors (Lipinski definition) is 1. The van der Waals surface area contributed by atoms with Crippen LogP contribution in [0.1, 0.15) is 0 Å². The second kappa shape index (κ2) is 4.51. The van der Waals surface area contributed by atoms with Crippen LogP contribution in [-0.4, -0.2) is 29.3 Å². The van der Waals surface area contributed by atoms with E-state index in [-0.39, 0.29) is 0 Å². The van der Waals surface area contributed by atoms with Crippen molar-refractivity contribution >= 4 is 11.9 Å². The number of carboxylic acid groups (broad SMARTS) is 1. The third-order valence-corrected chi connectivity index (χ3v) is 3.42. The third kappa shape index (κ3) is 2.02. The molecule has 1 aromatic carbocycles. The minimum Gasteiger partial charge on any atom is -0.481 e. The lowest BCUT2D eigenvalue weighted by molar-refractivity contribution is -0.151. The maximum Gasteiger partial charge on any atom is 0.318 e. The number of carbonyl (C=O) groups excluding carboxylic acids is 1. The zero-order valence-electron chi connectivity index (χ0n) is 9.93. The number of ether oxygens (including phenoxy) is 2. The topological polar surface area (TPSA) is 72.8 Å². The van der Waals surface area contributed by atoms with Crippen molar-refractivity contribution in [1.29, 1.82) is 0 Å². The number of rotatable bonds is 3. The lowest BCUT2D eigenvalue weighted by atomic mass is 9.83. The molecule has 3 rings (SSSR count). The van der Waals surface area contributed by atoms with Gasteiger partial charge in [-0.25, -0.2) is 0 Å². The second-order valence-electron chi connectivity index (χ2n) is 4.57. The maximum atomic E-state index is 12.1. The van der Waals surface area contributed by atoms with Crippen LogP contribution in [0.5, 0.6) is 5.75 Å². The van der Waals surface area contributed by atoms with E-state index in [2.05, 4.69) is 0 Å². The van der Waals surface area contributed by atoms with Gasteiger partial charge in [-0.3, -0.25) is 9.59 Å². The van der Waals surface area contributed by atoms with Gasteiger partial charge in [-0.1, -0.05) is 30.4 Å². The summed E-state index contributed by atoms with van der Waals surface area (Å²) < 4.78 is 10.6. The fourth-order valence-electron chi connectivity index (χ4n) is 2.56. The van der Waals surface area contributed by atoms with Gasteiger partial charge in [0.15, 0.2) is 0 Å². The molecule has 98 valence electrons. The van der Waals surface area contributed by atoms with Crippen LogP contribution in [-0.2, 0) is 14.3 Å². The first-order valence-corrected chi connectivity index (χ1v) is 6.00. The van der Waals surface area contributed by atoms with Crippen LogP contribution in [0.4, 0.5) is 0 Å². The fraction of sp³-hybridized carbons (Fsp3) is 0.286. The molecule has 1 N–H and O–H groups in total. The molecule has 0 saturated carbocycles. The standard InChI is InChI=1S/C14H12O5/c15-13(16)11-9-6-7-10(19-9)12(11)14(17)18-8-4-2-1-3-5-8/h1-7,9-12H,(H,15,16)/t9-,10+,11+,12-/m1/s1. The first-order valence-electron chi connectivity index (χ1n) is 6.00. The maximum absolute atomic E-state index is 12.1. The molecule has 1 fully saturated rings. The molecular weight excluding hydrogens is 248 g/mol. The van der Waals surface area contributed by atoms with Crippen molar-refractivity contribution in [2.45, 2.75) is 12.2 Å². The monoisotopic (exact) mass is 260 g/mol. The highest BCUT2D eigenvalue weighted by atomic mass is 16.5. The SMILES string of the molecule is O=C(O)[C@@H]1[C@H](C(=O)Oc2ccccc2)[C@@H]2C=C[C@H]1O2. The summed E-state index contributed by atoms with van der Waals surface area (Å²) in [6.45, 7) is 0. The van der Waals surface area contributed by atoms with Crippen molar-refractivity contribution < 1.29 is 24.2 Å². The van der Waals surface area contributed by atoms with Gasteiger partial charge in [0, 0.05) is 0 Å².